The Hall–Kier alpha value is -5.90. The van der Waals surface area contributed by atoms with Gasteiger partial charge in [0.05, 0.1) is 29.2 Å². The zero-order chi connectivity index (χ0) is 28.2. The number of fused-ring (bicyclic) bond motifs is 6. The van der Waals surface area contributed by atoms with Crippen molar-refractivity contribution in [3.63, 3.8) is 0 Å². The Labute approximate surface area is 244 Å². The second-order valence-corrected chi connectivity index (χ2v) is 10.8. The molecule has 8 rings (SSSR count). The highest BCUT2D eigenvalue weighted by molar-refractivity contribution is 6.09. The van der Waals surface area contributed by atoms with E-state index >= 15 is 0 Å². The summed E-state index contributed by atoms with van der Waals surface area (Å²) in [4.78, 5) is 3.67. The van der Waals surface area contributed by atoms with Gasteiger partial charge in [0.25, 0.3) is 0 Å². The Kier molecular flexibility index (Phi) is 5.33. The normalized spacial score (nSPS) is 13.4. The number of nitrogens with zero attached hydrogens (tertiary/aromatic N) is 3. The van der Waals surface area contributed by atoms with E-state index in [4.69, 9.17) is 6.57 Å². The molecule has 42 heavy (non-hydrogen) atoms. The van der Waals surface area contributed by atoms with Crippen LogP contribution in [0.25, 0.3) is 54.6 Å². The first-order valence-corrected chi connectivity index (χ1v) is 14.0. The van der Waals surface area contributed by atoms with Crippen LogP contribution in [0.5, 0.6) is 0 Å². The molecular weight excluding hydrogens is 510 g/mol. The van der Waals surface area contributed by atoms with E-state index in [1.165, 1.54) is 32.9 Å². The topological polar surface area (TPSA) is 33.1 Å². The fraction of sp³-hybridized carbons (Fsp3) is 0.0256. The van der Waals surface area contributed by atoms with Gasteiger partial charge in [-0.05, 0) is 81.4 Å². The van der Waals surface area contributed by atoms with Crippen molar-refractivity contribution in [2.45, 2.75) is 5.92 Å². The van der Waals surface area contributed by atoms with Crippen molar-refractivity contribution in [1.29, 1.82) is 5.26 Å². The third-order valence-corrected chi connectivity index (χ3v) is 8.47. The highest BCUT2D eigenvalue weighted by atomic mass is 15.0. The van der Waals surface area contributed by atoms with Gasteiger partial charge in [-0.25, -0.2) is 4.85 Å². The zero-order valence-electron chi connectivity index (χ0n) is 22.6. The molecule has 1 unspecified atom stereocenters. The first kappa shape index (κ1) is 23.9. The molecule has 194 valence electrons. The molecule has 0 saturated carbocycles. The molecule has 3 nitrogen and oxygen atoms in total. The minimum Gasteiger partial charge on any atom is -0.309 e. The summed E-state index contributed by atoms with van der Waals surface area (Å²) in [5.74, 6) is -0.0106. The van der Waals surface area contributed by atoms with E-state index in [-0.39, 0.29) is 5.92 Å². The lowest BCUT2D eigenvalue weighted by molar-refractivity contribution is 1.01. The van der Waals surface area contributed by atoms with E-state index in [2.05, 4.69) is 119 Å². The van der Waals surface area contributed by atoms with E-state index in [1.54, 1.807) is 0 Å². The molecule has 1 aliphatic carbocycles. The number of hydrogen-bond acceptors (Lipinski definition) is 1. The van der Waals surface area contributed by atoms with Crippen LogP contribution in [-0.4, -0.2) is 4.57 Å². The summed E-state index contributed by atoms with van der Waals surface area (Å²) >= 11 is 0. The van der Waals surface area contributed by atoms with Gasteiger partial charge in [-0.2, -0.15) is 5.26 Å². The van der Waals surface area contributed by atoms with E-state index in [0.29, 0.717) is 11.3 Å². The van der Waals surface area contributed by atoms with Crippen LogP contribution in [-0.2, 0) is 0 Å². The lowest BCUT2D eigenvalue weighted by Crippen LogP contribution is -2.01. The lowest BCUT2D eigenvalue weighted by atomic mass is 9.86. The summed E-state index contributed by atoms with van der Waals surface area (Å²) in [6, 6.07) is 48.7. The molecule has 3 heteroatoms. The zero-order valence-corrected chi connectivity index (χ0v) is 22.6. The predicted molar refractivity (Wildman–Crippen MR) is 170 cm³/mol. The molecule has 6 aromatic carbocycles. The second kappa shape index (κ2) is 9.34. The Balaban J connectivity index is 1.31. The maximum absolute atomic E-state index is 10.1. The van der Waals surface area contributed by atoms with Crippen LogP contribution in [0.4, 0.5) is 5.69 Å². The van der Waals surface area contributed by atoms with Crippen molar-refractivity contribution < 1.29 is 0 Å². The molecule has 7 aromatic rings. The molecule has 0 bridgehead atoms. The molecule has 1 heterocycles. The summed E-state index contributed by atoms with van der Waals surface area (Å²) < 4.78 is 2.32. The van der Waals surface area contributed by atoms with E-state index < -0.39 is 0 Å². The number of hydrogen-bond donors (Lipinski definition) is 0. The SMILES string of the molecule is [C-]#[N+]c1ccc2c(c1)-c1ccccc1C2c1cc(C#N)cc(-c2cccc(-n3c4ccccc4c4ccccc43)c2)c1. The van der Waals surface area contributed by atoms with Crippen molar-refractivity contribution in [3.8, 4) is 34.0 Å². The Morgan fingerprint density at radius 3 is 2.10 bits per heavy atom. The lowest BCUT2D eigenvalue weighted by Gasteiger charge is -2.17. The molecular formula is C39H23N3. The standard InChI is InChI=1S/C39H23N3/c1-41-29-17-18-35-36(23-29)31-11-2-3-14-34(31)39(35)28-20-25(24-40)19-27(21-28)26-9-8-10-30(22-26)42-37-15-6-4-12-32(37)33-13-5-7-16-38(33)42/h2-23,39H. The van der Waals surface area contributed by atoms with Crippen molar-refractivity contribution in [2.75, 3.05) is 0 Å². The maximum atomic E-state index is 10.1. The molecule has 0 radical (unpaired) electrons. The average Bonchev–Trinajstić information content (AvgIpc) is 3.57. The van der Waals surface area contributed by atoms with Crippen LogP contribution in [0.3, 0.4) is 0 Å². The van der Waals surface area contributed by atoms with Gasteiger partial charge >= 0.3 is 0 Å². The molecule has 0 fully saturated rings. The highest BCUT2D eigenvalue weighted by Gasteiger charge is 2.30. The Morgan fingerprint density at radius 1 is 0.619 bits per heavy atom. The molecule has 1 atom stereocenters. The largest absolute Gasteiger partial charge is 0.309 e. The maximum Gasteiger partial charge on any atom is 0.187 e. The summed E-state index contributed by atoms with van der Waals surface area (Å²) in [7, 11) is 0. The van der Waals surface area contributed by atoms with Crippen LogP contribution < -0.4 is 0 Å². The molecule has 0 saturated heterocycles. The van der Waals surface area contributed by atoms with Gasteiger partial charge in [0, 0.05) is 22.4 Å². The number of nitriles is 1. The number of benzene rings is 6. The first-order chi connectivity index (χ1) is 20.7. The highest BCUT2D eigenvalue weighted by Crippen LogP contribution is 2.49. The number of rotatable bonds is 3. The van der Waals surface area contributed by atoms with Crippen molar-refractivity contribution >= 4 is 27.5 Å². The fourth-order valence-electron chi connectivity index (χ4n) is 6.69. The Bertz CT molecular complexity index is 2240. The quantitative estimate of drug-likeness (QED) is 0.208. The monoisotopic (exact) mass is 533 g/mol. The third-order valence-electron chi connectivity index (χ3n) is 8.47. The van der Waals surface area contributed by atoms with Gasteiger partial charge in [0.15, 0.2) is 5.69 Å². The summed E-state index contributed by atoms with van der Waals surface area (Å²) in [6.07, 6.45) is 0. The molecule has 0 spiro atoms. The van der Waals surface area contributed by atoms with Crippen molar-refractivity contribution in [1.82, 2.24) is 4.57 Å². The molecule has 0 aliphatic heterocycles. The van der Waals surface area contributed by atoms with Gasteiger partial charge < -0.3 is 4.57 Å². The van der Waals surface area contributed by atoms with E-state index in [9.17, 15) is 5.26 Å². The van der Waals surface area contributed by atoms with Crippen LogP contribution in [0, 0.1) is 17.9 Å². The van der Waals surface area contributed by atoms with Gasteiger partial charge in [-0.15, -0.1) is 0 Å². The minimum absolute atomic E-state index is 0.0106. The summed E-state index contributed by atoms with van der Waals surface area (Å²) in [5.41, 5.74) is 12.5. The van der Waals surface area contributed by atoms with Crippen LogP contribution in [0.15, 0.2) is 133 Å². The smallest absolute Gasteiger partial charge is 0.187 e. The average molecular weight is 534 g/mol. The van der Waals surface area contributed by atoms with Gasteiger partial charge in [-0.3, -0.25) is 0 Å². The van der Waals surface area contributed by atoms with E-state index in [1.807, 2.05) is 30.3 Å². The number of aromatic nitrogens is 1. The molecule has 0 amide bonds. The van der Waals surface area contributed by atoms with Crippen LogP contribution in [0.2, 0.25) is 0 Å². The third kappa shape index (κ3) is 3.58. The van der Waals surface area contributed by atoms with Crippen LogP contribution in [0.1, 0.15) is 28.2 Å². The molecule has 1 aliphatic rings. The second-order valence-electron chi connectivity index (χ2n) is 10.8. The molecule has 1 aromatic heterocycles. The number of para-hydroxylation sites is 2. The van der Waals surface area contributed by atoms with E-state index in [0.717, 1.165) is 33.5 Å². The first-order valence-electron chi connectivity index (χ1n) is 14.0. The van der Waals surface area contributed by atoms with Crippen molar-refractivity contribution in [2.24, 2.45) is 0 Å². The van der Waals surface area contributed by atoms with Gasteiger partial charge in [0.2, 0.25) is 0 Å². The fourth-order valence-corrected chi connectivity index (χ4v) is 6.69. The Morgan fingerprint density at radius 2 is 1.33 bits per heavy atom. The molecule has 0 N–H and O–H groups in total. The van der Waals surface area contributed by atoms with Gasteiger partial charge in [-0.1, -0.05) is 91.0 Å². The summed E-state index contributed by atoms with van der Waals surface area (Å²) in [6.45, 7) is 7.53. The van der Waals surface area contributed by atoms with Crippen molar-refractivity contribution in [3.05, 3.63) is 167 Å². The van der Waals surface area contributed by atoms with Gasteiger partial charge in [0.1, 0.15) is 0 Å². The predicted octanol–water partition coefficient (Wildman–Crippen LogP) is 10.0. The van der Waals surface area contributed by atoms with Crippen LogP contribution >= 0.6 is 0 Å². The minimum atomic E-state index is -0.0106. The summed E-state index contributed by atoms with van der Waals surface area (Å²) in [5, 5.41) is 12.5.